The standard InChI is InChI=1S/C27H24ClNO5/c1-3-15-34-20-12-9-17(10-13-20)24-23(25(30)18-11-14-22(33-2)21(28)16-18)26(31)27(32)29(24)19-7-5-4-6-8-19/h4-14,16,24,30H,3,15H2,1-2H3/b25-23-. The Morgan fingerprint density at radius 1 is 1.03 bits per heavy atom. The molecule has 0 saturated carbocycles. The predicted octanol–water partition coefficient (Wildman–Crippen LogP) is 5.76. The Balaban J connectivity index is 1.86. The second-order valence-electron chi connectivity index (χ2n) is 7.77. The van der Waals surface area contributed by atoms with Gasteiger partial charge in [0, 0.05) is 11.3 Å². The van der Waals surface area contributed by atoms with Crippen LogP contribution < -0.4 is 14.4 Å². The highest BCUT2D eigenvalue weighted by atomic mass is 35.5. The lowest BCUT2D eigenvalue weighted by Gasteiger charge is -2.25. The Kier molecular flexibility index (Phi) is 6.89. The molecule has 1 atom stereocenters. The van der Waals surface area contributed by atoms with Crippen LogP contribution in [-0.2, 0) is 9.59 Å². The highest BCUT2D eigenvalue weighted by Crippen LogP contribution is 2.43. The van der Waals surface area contributed by atoms with Crippen LogP contribution in [0.5, 0.6) is 11.5 Å². The Labute approximate surface area is 203 Å². The topological polar surface area (TPSA) is 76.1 Å². The number of hydrogen-bond acceptors (Lipinski definition) is 5. The first-order valence-electron chi connectivity index (χ1n) is 10.9. The number of para-hydroxylation sites is 1. The van der Waals surface area contributed by atoms with Crippen molar-refractivity contribution in [1.82, 2.24) is 0 Å². The number of carbonyl (C=O) groups is 2. The van der Waals surface area contributed by atoms with Crippen molar-refractivity contribution in [2.24, 2.45) is 0 Å². The van der Waals surface area contributed by atoms with Crippen LogP contribution in [0.15, 0.2) is 78.4 Å². The van der Waals surface area contributed by atoms with Crippen molar-refractivity contribution in [2.45, 2.75) is 19.4 Å². The summed E-state index contributed by atoms with van der Waals surface area (Å²) in [5, 5.41) is 11.5. The van der Waals surface area contributed by atoms with E-state index in [1.807, 2.05) is 13.0 Å². The van der Waals surface area contributed by atoms with Gasteiger partial charge in [0.25, 0.3) is 11.7 Å². The van der Waals surface area contributed by atoms with Crippen molar-refractivity contribution in [2.75, 3.05) is 18.6 Å². The first kappa shape index (κ1) is 23.4. The predicted molar refractivity (Wildman–Crippen MR) is 131 cm³/mol. The minimum Gasteiger partial charge on any atom is -0.507 e. The van der Waals surface area contributed by atoms with E-state index >= 15 is 0 Å². The zero-order valence-electron chi connectivity index (χ0n) is 18.8. The number of methoxy groups -OCH3 is 1. The molecule has 34 heavy (non-hydrogen) atoms. The molecule has 174 valence electrons. The summed E-state index contributed by atoms with van der Waals surface area (Å²) in [5.41, 5.74) is 1.50. The minimum atomic E-state index is -0.830. The van der Waals surface area contributed by atoms with Crippen LogP contribution in [-0.4, -0.2) is 30.5 Å². The van der Waals surface area contributed by atoms with Crippen LogP contribution in [0.3, 0.4) is 0 Å². The smallest absolute Gasteiger partial charge is 0.300 e. The fraction of sp³-hybridized carbons (Fsp3) is 0.185. The summed E-state index contributed by atoms with van der Waals surface area (Å²) in [5.74, 6) is -0.683. The lowest BCUT2D eigenvalue weighted by molar-refractivity contribution is -0.132. The summed E-state index contributed by atoms with van der Waals surface area (Å²) >= 11 is 6.25. The maximum atomic E-state index is 13.2. The molecule has 0 spiro atoms. The number of anilines is 1. The lowest BCUT2D eigenvalue weighted by atomic mass is 9.95. The molecule has 1 fully saturated rings. The molecule has 3 aromatic carbocycles. The summed E-state index contributed by atoms with van der Waals surface area (Å²) in [7, 11) is 1.49. The number of ether oxygens (including phenoxy) is 2. The number of aliphatic hydroxyl groups excluding tert-OH is 1. The quantitative estimate of drug-likeness (QED) is 0.266. The number of halogens is 1. The van der Waals surface area contributed by atoms with E-state index in [0.29, 0.717) is 34.9 Å². The largest absolute Gasteiger partial charge is 0.507 e. The van der Waals surface area contributed by atoms with Gasteiger partial charge in [0.1, 0.15) is 17.3 Å². The van der Waals surface area contributed by atoms with E-state index in [1.54, 1.807) is 60.7 Å². The highest BCUT2D eigenvalue weighted by Gasteiger charge is 2.47. The van der Waals surface area contributed by atoms with Gasteiger partial charge in [-0.3, -0.25) is 14.5 Å². The van der Waals surface area contributed by atoms with Crippen molar-refractivity contribution < 1.29 is 24.2 Å². The number of nitrogens with zero attached hydrogens (tertiary/aromatic N) is 1. The Hall–Kier alpha value is -3.77. The normalized spacial score (nSPS) is 17.1. The average molecular weight is 478 g/mol. The van der Waals surface area contributed by atoms with Gasteiger partial charge in [-0.25, -0.2) is 0 Å². The number of rotatable bonds is 7. The molecular formula is C27H24ClNO5. The van der Waals surface area contributed by atoms with Gasteiger partial charge in [-0.05, 0) is 54.4 Å². The van der Waals surface area contributed by atoms with Crippen molar-refractivity contribution in [3.8, 4) is 11.5 Å². The first-order valence-corrected chi connectivity index (χ1v) is 11.3. The van der Waals surface area contributed by atoms with E-state index in [2.05, 4.69) is 0 Å². The lowest BCUT2D eigenvalue weighted by Crippen LogP contribution is -2.29. The maximum Gasteiger partial charge on any atom is 0.300 e. The number of ketones is 1. The minimum absolute atomic E-state index is 0.0164. The second kappa shape index (κ2) is 10.0. The summed E-state index contributed by atoms with van der Waals surface area (Å²) in [6.45, 7) is 2.60. The SMILES string of the molecule is CCCOc1ccc(C2/C(=C(/O)c3ccc(OC)c(Cl)c3)C(=O)C(=O)N2c2ccccc2)cc1. The molecule has 1 aliphatic rings. The van der Waals surface area contributed by atoms with Gasteiger partial charge in [-0.1, -0.05) is 48.9 Å². The van der Waals surface area contributed by atoms with Crippen molar-refractivity contribution in [1.29, 1.82) is 0 Å². The molecule has 1 amide bonds. The molecule has 7 heteroatoms. The third-order valence-corrected chi connectivity index (χ3v) is 5.87. The number of hydrogen-bond donors (Lipinski definition) is 1. The Bertz CT molecular complexity index is 1240. The maximum absolute atomic E-state index is 13.2. The fourth-order valence-electron chi connectivity index (χ4n) is 3.94. The number of benzene rings is 3. The molecule has 6 nitrogen and oxygen atoms in total. The van der Waals surface area contributed by atoms with E-state index in [1.165, 1.54) is 18.1 Å². The Morgan fingerprint density at radius 3 is 2.35 bits per heavy atom. The van der Waals surface area contributed by atoms with Crippen LogP contribution >= 0.6 is 11.6 Å². The van der Waals surface area contributed by atoms with Crippen LogP contribution in [0.25, 0.3) is 5.76 Å². The summed E-state index contributed by atoms with van der Waals surface area (Å²) in [6, 6.07) is 19.9. The molecule has 1 heterocycles. The summed E-state index contributed by atoms with van der Waals surface area (Å²) < 4.78 is 10.8. The molecule has 0 aliphatic carbocycles. The van der Waals surface area contributed by atoms with E-state index in [0.717, 1.165) is 6.42 Å². The van der Waals surface area contributed by atoms with Gasteiger partial charge in [0.05, 0.1) is 30.4 Å². The third-order valence-electron chi connectivity index (χ3n) is 5.57. The zero-order chi connectivity index (χ0) is 24.2. The molecule has 1 aliphatic heterocycles. The van der Waals surface area contributed by atoms with Gasteiger partial charge in [-0.2, -0.15) is 0 Å². The molecule has 1 N–H and O–H groups in total. The fourth-order valence-corrected chi connectivity index (χ4v) is 4.20. The van der Waals surface area contributed by atoms with Gasteiger partial charge in [0.15, 0.2) is 0 Å². The van der Waals surface area contributed by atoms with Gasteiger partial charge < -0.3 is 14.6 Å². The van der Waals surface area contributed by atoms with Gasteiger partial charge in [0.2, 0.25) is 0 Å². The van der Waals surface area contributed by atoms with Gasteiger partial charge in [-0.15, -0.1) is 0 Å². The monoisotopic (exact) mass is 477 g/mol. The summed E-state index contributed by atoms with van der Waals surface area (Å²) in [4.78, 5) is 27.8. The van der Waals surface area contributed by atoms with E-state index in [-0.39, 0.29) is 16.4 Å². The third kappa shape index (κ3) is 4.37. The number of carbonyl (C=O) groups excluding carboxylic acids is 2. The average Bonchev–Trinajstić information content (AvgIpc) is 3.13. The Morgan fingerprint density at radius 2 is 1.74 bits per heavy atom. The van der Waals surface area contributed by atoms with Crippen LogP contribution in [0.1, 0.15) is 30.5 Å². The van der Waals surface area contributed by atoms with E-state index in [4.69, 9.17) is 21.1 Å². The summed E-state index contributed by atoms with van der Waals surface area (Å²) in [6.07, 6.45) is 0.875. The number of aliphatic hydroxyl groups is 1. The van der Waals surface area contributed by atoms with Crippen molar-refractivity contribution >= 4 is 34.7 Å². The van der Waals surface area contributed by atoms with Crippen LogP contribution in [0.4, 0.5) is 5.69 Å². The zero-order valence-corrected chi connectivity index (χ0v) is 19.6. The molecule has 3 aromatic rings. The van der Waals surface area contributed by atoms with E-state index < -0.39 is 17.7 Å². The molecular weight excluding hydrogens is 454 g/mol. The molecule has 4 rings (SSSR count). The molecule has 1 saturated heterocycles. The number of Topliss-reactive ketones (excluding diaryl/α,β-unsaturated/α-hetero) is 1. The second-order valence-corrected chi connectivity index (χ2v) is 8.18. The highest BCUT2D eigenvalue weighted by molar-refractivity contribution is 6.51. The first-order chi connectivity index (χ1) is 16.5. The van der Waals surface area contributed by atoms with Crippen LogP contribution in [0.2, 0.25) is 5.02 Å². The van der Waals surface area contributed by atoms with Gasteiger partial charge >= 0.3 is 0 Å². The van der Waals surface area contributed by atoms with Crippen molar-refractivity contribution in [3.05, 3.63) is 94.5 Å². The molecule has 0 bridgehead atoms. The van der Waals surface area contributed by atoms with E-state index in [9.17, 15) is 14.7 Å². The molecule has 1 unspecified atom stereocenters. The molecule has 0 aromatic heterocycles. The van der Waals surface area contributed by atoms with Crippen molar-refractivity contribution in [3.63, 3.8) is 0 Å². The van der Waals surface area contributed by atoms with Crippen LogP contribution in [0, 0.1) is 0 Å². The molecule has 0 radical (unpaired) electrons. The number of amides is 1.